The van der Waals surface area contributed by atoms with E-state index in [4.69, 9.17) is 4.74 Å². The van der Waals surface area contributed by atoms with Gasteiger partial charge >= 0.3 is 0 Å². The summed E-state index contributed by atoms with van der Waals surface area (Å²) < 4.78 is 6.40. The van der Waals surface area contributed by atoms with E-state index in [9.17, 15) is 0 Å². The first-order valence-corrected chi connectivity index (χ1v) is 8.38. The molecule has 0 N–H and O–H groups in total. The number of methoxy groups -OCH3 is 1. The van der Waals surface area contributed by atoms with Crippen molar-refractivity contribution < 1.29 is 4.74 Å². The molecule has 0 heterocycles. The van der Waals surface area contributed by atoms with Crippen molar-refractivity contribution in [1.82, 2.24) is 0 Å². The van der Waals surface area contributed by atoms with Gasteiger partial charge in [0, 0.05) is 4.47 Å². The molecule has 0 fully saturated rings. The van der Waals surface area contributed by atoms with E-state index in [0.29, 0.717) is 11.8 Å². The monoisotopic (exact) mass is 346 g/mol. The highest BCUT2D eigenvalue weighted by Gasteiger charge is 2.21. The number of rotatable bonds is 6. The van der Waals surface area contributed by atoms with Crippen LogP contribution in [0.1, 0.15) is 49.7 Å². The predicted molar refractivity (Wildman–Crippen MR) is 93.2 cm³/mol. The summed E-state index contributed by atoms with van der Waals surface area (Å²) in [6.45, 7) is 4.55. The smallest absolute Gasteiger partial charge is 0.118 e. The Morgan fingerprint density at radius 2 is 1.24 bits per heavy atom. The molecule has 2 atom stereocenters. The molecule has 2 aromatic rings. The van der Waals surface area contributed by atoms with Gasteiger partial charge in [-0.2, -0.15) is 0 Å². The van der Waals surface area contributed by atoms with Crippen LogP contribution in [0, 0.1) is 0 Å². The Morgan fingerprint density at radius 3 is 1.62 bits per heavy atom. The lowest BCUT2D eigenvalue weighted by Gasteiger charge is -2.26. The van der Waals surface area contributed by atoms with Crippen LogP contribution in [0.25, 0.3) is 0 Å². The second kappa shape index (κ2) is 7.65. The van der Waals surface area contributed by atoms with Gasteiger partial charge in [0.1, 0.15) is 5.75 Å². The normalized spacial score (nSPS) is 13.7. The van der Waals surface area contributed by atoms with Crippen molar-refractivity contribution in [2.45, 2.75) is 38.5 Å². The summed E-state index contributed by atoms with van der Waals surface area (Å²) >= 11 is 3.52. The van der Waals surface area contributed by atoms with Crippen LogP contribution in [0.2, 0.25) is 0 Å². The Bertz CT molecular complexity index is 545. The van der Waals surface area contributed by atoms with Crippen LogP contribution in [-0.2, 0) is 0 Å². The fraction of sp³-hybridized carbons (Fsp3) is 0.368. The third kappa shape index (κ3) is 3.88. The topological polar surface area (TPSA) is 9.23 Å². The SMILES string of the molecule is CC[C@H](c1ccc(OC)cc1)[C@@H](CC)c1ccc(Br)cc1. The van der Waals surface area contributed by atoms with Gasteiger partial charge in [-0.25, -0.2) is 0 Å². The van der Waals surface area contributed by atoms with Crippen molar-refractivity contribution in [3.8, 4) is 5.75 Å². The lowest BCUT2D eigenvalue weighted by molar-refractivity contribution is 0.414. The fourth-order valence-corrected chi connectivity index (χ4v) is 3.33. The second-order valence-corrected chi connectivity index (χ2v) is 6.27. The molecule has 0 aliphatic heterocycles. The average molecular weight is 347 g/mol. The van der Waals surface area contributed by atoms with E-state index in [-0.39, 0.29) is 0 Å². The highest BCUT2D eigenvalue weighted by Crippen LogP contribution is 2.38. The molecule has 21 heavy (non-hydrogen) atoms. The van der Waals surface area contributed by atoms with Gasteiger partial charge < -0.3 is 4.74 Å². The maximum absolute atomic E-state index is 5.26. The Labute approximate surface area is 136 Å². The molecule has 2 heteroatoms. The van der Waals surface area contributed by atoms with E-state index >= 15 is 0 Å². The Morgan fingerprint density at radius 1 is 0.810 bits per heavy atom. The van der Waals surface area contributed by atoms with Crippen LogP contribution in [0.3, 0.4) is 0 Å². The zero-order valence-electron chi connectivity index (χ0n) is 13.0. The van der Waals surface area contributed by atoms with E-state index in [1.807, 2.05) is 0 Å². The van der Waals surface area contributed by atoms with Gasteiger partial charge in [-0.05, 0) is 60.1 Å². The molecule has 0 aliphatic carbocycles. The molecule has 0 spiro atoms. The summed E-state index contributed by atoms with van der Waals surface area (Å²) in [4.78, 5) is 0. The van der Waals surface area contributed by atoms with E-state index in [1.54, 1.807) is 7.11 Å². The first-order valence-electron chi connectivity index (χ1n) is 7.59. The number of hydrogen-bond donors (Lipinski definition) is 0. The molecule has 0 amide bonds. The molecule has 2 aromatic carbocycles. The lowest BCUT2D eigenvalue weighted by atomic mass is 9.78. The van der Waals surface area contributed by atoms with Crippen molar-refractivity contribution in [2.75, 3.05) is 7.11 Å². The van der Waals surface area contributed by atoms with Crippen LogP contribution in [0.4, 0.5) is 0 Å². The molecule has 0 aliphatic rings. The molecule has 0 saturated carbocycles. The quantitative estimate of drug-likeness (QED) is 0.609. The molecule has 0 saturated heterocycles. The van der Waals surface area contributed by atoms with E-state index in [1.165, 1.54) is 11.1 Å². The zero-order chi connectivity index (χ0) is 15.2. The molecule has 0 aromatic heterocycles. The third-order valence-corrected chi connectivity index (χ3v) is 4.74. The largest absolute Gasteiger partial charge is 0.497 e. The third-order valence-electron chi connectivity index (χ3n) is 4.21. The Kier molecular flexibility index (Phi) is 5.86. The molecule has 0 bridgehead atoms. The van der Waals surface area contributed by atoms with Crippen LogP contribution in [0.15, 0.2) is 53.0 Å². The number of ether oxygens (including phenoxy) is 1. The summed E-state index contributed by atoms with van der Waals surface area (Å²) in [6, 6.07) is 17.3. The van der Waals surface area contributed by atoms with Crippen molar-refractivity contribution >= 4 is 15.9 Å². The van der Waals surface area contributed by atoms with Crippen LogP contribution in [-0.4, -0.2) is 7.11 Å². The molecule has 0 radical (unpaired) electrons. The van der Waals surface area contributed by atoms with Crippen molar-refractivity contribution in [3.05, 3.63) is 64.1 Å². The van der Waals surface area contributed by atoms with Gasteiger partial charge in [0.2, 0.25) is 0 Å². The van der Waals surface area contributed by atoms with Crippen LogP contribution >= 0.6 is 15.9 Å². The number of benzene rings is 2. The predicted octanol–water partition coefficient (Wildman–Crippen LogP) is 6.15. The van der Waals surface area contributed by atoms with Crippen LogP contribution < -0.4 is 4.74 Å². The van der Waals surface area contributed by atoms with Gasteiger partial charge in [-0.15, -0.1) is 0 Å². The van der Waals surface area contributed by atoms with E-state index in [2.05, 4.69) is 78.3 Å². The summed E-state index contributed by atoms with van der Waals surface area (Å²) in [6.07, 6.45) is 2.28. The van der Waals surface area contributed by atoms with Gasteiger partial charge in [-0.3, -0.25) is 0 Å². The first kappa shape index (κ1) is 16.1. The maximum Gasteiger partial charge on any atom is 0.118 e. The Balaban J connectivity index is 2.29. The van der Waals surface area contributed by atoms with Crippen molar-refractivity contribution in [2.24, 2.45) is 0 Å². The average Bonchev–Trinajstić information content (AvgIpc) is 2.54. The van der Waals surface area contributed by atoms with Crippen molar-refractivity contribution in [1.29, 1.82) is 0 Å². The minimum absolute atomic E-state index is 0.544. The van der Waals surface area contributed by atoms with Gasteiger partial charge in [-0.1, -0.05) is 54.0 Å². The highest BCUT2D eigenvalue weighted by atomic mass is 79.9. The second-order valence-electron chi connectivity index (χ2n) is 5.35. The number of halogens is 1. The summed E-state index contributed by atoms with van der Waals surface area (Å²) in [5.74, 6) is 2.02. The zero-order valence-corrected chi connectivity index (χ0v) is 14.6. The highest BCUT2D eigenvalue weighted by molar-refractivity contribution is 9.10. The lowest BCUT2D eigenvalue weighted by Crippen LogP contribution is -2.10. The summed E-state index contributed by atoms with van der Waals surface area (Å²) in [5.41, 5.74) is 2.82. The van der Waals surface area contributed by atoms with Crippen molar-refractivity contribution in [3.63, 3.8) is 0 Å². The molecular formula is C19H23BrO. The molecule has 1 nitrogen and oxygen atoms in total. The van der Waals surface area contributed by atoms with Gasteiger partial charge in [0.15, 0.2) is 0 Å². The molecule has 2 rings (SSSR count). The summed E-state index contributed by atoms with van der Waals surface area (Å²) in [7, 11) is 1.71. The first-order chi connectivity index (χ1) is 10.2. The van der Waals surface area contributed by atoms with Gasteiger partial charge in [0.25, 0.3) is 0 Å². The minimum atomic E-state index is 0.544. The van der Waals surface area contributed by atoms with E-state index in [0.717, 1.165) is 23.1 Å². The molecule has 0 unspecified atom stereocenters. The Hall–Kier alpha value is -1.28. The van der Waals surface area contributed by atoms with E-state index < -0.39 is 0 Å². The van der Waals surface area contributed by atoms with Crippen LogP contribution in [0.5, 0.6) is 5.75 Å². The number of hydrogen-bond acceptors (Lipinski definition) is 1. The molecule has 112 valence electrons. The standard InChI is InChI=1S/C19H23BrO/c1-4-18(14-6-10-16(20)11-7-14)19(5-2)15-8-12-17(21-3)13-9-15/h6-13,18-19H,4-5H2,1-3H3/t18-,19+/m0/s1. The molecular weight excluding hydrogens is 324 g/mol. The summed E-state index contributed by atoms with van der Waals surface area (Å²) in [5, 5.41) is 0. The maximum atomic E-state index is 5.26. The van der Waals surface area contributed by atoms with Gasteiger partial charge in [0.05, 0.1) is 7.11 Å². The minimum Gasteiger partial charge on any atom is -0.497 e. The fourth-order valence-electron chi connectivity index (χ4n) is 3.07.